The molecule has 1 aromatic heterocycles. The fourth-order valence-corrected chi connectivity index (χ4v) is 1.33. The third-order valence-electron chi connectivity index (χ3n) is 2.04. The molecule has 5 heteroatoms. The molecule has 0 unspecified atom stereocenters. The predicted molar refractivity (Wildman–Crippen MR) is 58.1 cm³/mol. The van der Waals surface area contributed by atoms with Crippen LogP contribution in [0.3, 0.4) is 0 Å². The first-order valence-electron chi connectivity index (χ1n) is 4.93. The Morgan fingerprint density at radius 3 is 2.94 bits per heavy atom. The lowest BCUT2D eigenvalue weighted by atomic mass is 10.3. The van der Waals surface area contributed by atoms with Crippen molar-refractivity contribution in [1.29, 1.82) is 0 Å². The Morgan fingerprint density at radius 2 is 2.19 bits per heavy atom. The number of nitrogens with zero attached hydrogens (tertiary/aromatic N) is 2. The van der Waals surface area contributed by atoms with Crippen LogP contribution in [0.25, 0.3) is 5.69 Å². The topological polar surface area (TPSA) is 53.1 Å². The van der Waals surface area contributed by atoms with Gasteiger partial charge < -0.3 is 10.5 Å². The van der Waals surface area contributed by atoms with Crippen LogP contribution < -0.4 is 10.5 Å². The number of nitrogens with two attached hydrogens (primary N) is 1. The summed E-state index contributed by atoms with van der Waals surface area (Å²) in [5.41, 5.74) is 5.70. The van der Waals surface area contributed by atoms with E-state index in [-0.39, 0.29) is 5.82 Å². The largest absolute Gasteiger partial charge is 0.489 e. The SMILES string of the molecule is NCCOc1cnn(-c2ccccc2F)c1. The van der Waals surface area contributed by atoms with Crippen LogP contribution in [0, 0.1) is 5.82 Å². The Balaban J connectivity index is 2.22. The summed E-state index contributed by atoms with van der Waals surface area (Å²) in [4.78, 5) is 0. The molecule has 0 bridgehead atoms. The smallest absolute Gasteiger partial charge is 0.157 e. The fourth-order valence-electron chi connectivity index (χ4n) is 1.33. The molecular formula is C11H12FN3O. The average Bonchev–Trinajstić information content (AvgIpc) is 2.75. The monoisotopic (exact) mass is 221 g/mol. The Hall–Kier alpha value is -1.88. The van der Waals surface area contributed by atoms with Gasteiger partial charge in [0.05, 0.1) is 12.4 Å². The molecule has 0 aliphatic carbocycles. The first-order chi connectivity index (χ1) is 7.81. The second-order valence-electron chi connectivity index (χ2n) is 3.21. The molecule has 2 N–H and O–H groups in total. The zero-order chi connectivity index (χ0) is 11.4. The van der Waals surface area contributed by atoms with Crippen molar-refractivity contribution in [2.75, 3.05) is 13.2 Å². The van der Waals surface area contributed by atoms with E-state index in [1.807, 2.05) is 0 Å². The van der Waals surface area contributed by atoms with E-state index < -0.39 is 0 Å². The van der Waals surface area contributed by atoms with Gasteiger partial charge in [-0.05, 0) is 12.1 Å². The van der Waals surface area contributed by atoms with Gasteiger partial charge in [0.2, 0.25) is 0 Å². The molecule has 0 spiro atoms. The summed E-state index contributed by atoms with van der Waals surface area (Å²) in [6, 6.07) is 6.42. The molecule has 0 radical (unpaired) electrons. The summed E-state index contributed by atoms with van der Waals surface area (Å²) in [5.74, 6) is 0.254. The van der Waals surface area contributed by atoms with Crippen LogP contribution in [-0.2, 0) is 0 Å². The highest BCUT2D eigenvalue weighted by Gasteiger charge is 2.05. The van der Waals surface area contributed by atoms with Crippen molar-refractivity contribution in [3.05, 3.63) is 42.5 Å². The standard InChI is InChI=1S/C11H12FN3O/c12-10-3-1-2-4-11(10)15-8-9(7-14-15)16-6-5-13/h1-4,7-8H,5-6,13H2. The van der Waals surface area contributed by atoms with Gasteiger partial charge in [0.15, 0.2) is 5.75 Å². The van der Waals surface area contributed by atoms with Gasteiger partial charge in [-0.1, -0.05) is 12.1 Å². The van der Waals surface area contributed by atoms with E-state index in [4.69, 9.17) is 10.5 Å². The van der Waals surface area contributed by atoms with Crippen molar-refractivity contribution < 1.29 is 9.13 Å². The Bertz CT molecular complexity index is 470. The van der Waals surface area contributed by atoms with Gasteiger partial charge in [-0.25, -0.2) is 9.07 Å². The van der Waals surface area contributed by atoms with Gasteiger partial charge in [-0.3, -0.25) is 0 Å². The summed E-state index contributed by atoms with van der Waals surface area (Å²) >= 11 is 0. The summed E-state index contributed by atoms with van der Waals surface area (Å²) in [5, 5.41) is 4.01. The Kier molecular flexibility index (Phi) is 3.16. The molecule has 0 saturated heterocycles. The molecule has 0 aliphatic heterocycles. The van der Waals surface area contributed by atoms with Crippen LogP contribution in [0.1, 0.15) is 0 Å². The molecule has 0 saturated carbocycles. The van der Waals surface area contributed by atoms with Gasteiger partial charge >= 0.3 is 0 Å². The zero-order valence-corrected chi connectivity index (χ0v) is 8.64. The maximum absolute atomic E-state index is 13.4. The van der Waals surface area contributed by atoms with E-state index in [1.54, 1.807) is 24.4 Å². The normalized spacial score (nSPS) is 10.4. The third kappa shape index (κ3) is 2.20. The van der Waals surface area contributed by atoms with Crippen molar-refractivity contribution >= 4 is 0 Å². The van der Waals surface area contributed by atoms with Crippen LogP contribution in [0.4, 0.5) is 4.39 Å². The number of para-hydroxylation sites is 1. The highest BCUT2D eigenvalue weighted by atomic mass is 19.1. The van der Waals surface area contributed by atoms with Crippen LogP contribution in [0.2, 0.25) is 0 Å². The fraction of sp³-hybridized carbons (Fsp3) is 0.182. The molecular weight excluding hydrogens is 209 g/mol. The second-order valence-corrected chi connectivity index (χ2v) is 3.21. The Morgan fingerprint density at radius 1 is 1.38 bits per heavy atom. The van der Waals surface area contributed by atoms with Crippen LogP contribution in [-0.4, -0.2) is 22.9 Å². The molecule has 1 heterocycles. The lowest BCUT2D eigenvalue weighted by Crippen LogP contribution is -2.10. The molecule has 84 valence electrons. The summed E-state index contributed by atoms with van der Waals surface area (Å²) < 4.78 is 20.1. The molecule has 4 nitrogen and oxygen atoms in total. The number of hydrogen-bond donors (Lipinski definition) is 1. The number of aromatic nitrogens is 2. The molecule has 16 heavy (non-hydrogen) atoms. The van der Waals surface area contributed by atoms with Crippen molar-refractivity contribution in [2.45, 2.75) is 0 Å². The van der Waals surface area contributed by atoms with Crippen molar-refractivity contribution in [1.82, 2.24) is 9.78 Å². The number of hydrogen-bond acceptors (Lipinski definition) is 3. The van der Waals surface area contributed by atoms with E-state index in [9.17, 15) is 4.39 Å². The average molecular weight is 221 g/mol. The minimum absolute atomic E-state index is 0.323. The molecule has 2 rings (SSSR count). The molecule has 0 atom stereocenters. The van der Waals surface area contributed by atoms with E-state index >= 15 is 0 Å². The van der Waals surface area contributed by atoms with E-state index in [1.165, 1.54) is 16.9 Å². The van der Waals surface area contributed by atoms with E-state index in [0.717, 1.165) is 0 Å². The highest BCUT2D eigenvalue weighted by Crippen LogP contribution is 2.15. The minimum Gasteiger partial charge on any atom is -0.489 e. The highest BCUT2D eigenvalue weighted by molar-refractivity contribution is 5.33. The number of ether oxygens (including phenoxy) is 1. The first-order valence-corrected chi connectivity index (χ1v) is 4.93. The molecule has 0 amide bonds. The van der Waals surface area contributed by atoms with Gasteiger partial charge in [0.25, 0.3) is 0 Å². The molecule has 0 fully saturated rings. The van der Waals surface area contributed by atoms with Crippen molar-refractivity contribution in [3.63, 3.8) is 0 Å². The molecule has 2 aromatic rings. The van der Waals surface area contributed by atoms with Crippen molar-refractivity contribution in [2.24, 2.45) is 5.73 Å². The van der Waals surface area contributed by atoms with Crippen LogP contribution in [0.15, 0.2) is 36.7 Å². The summed E-state index contributed by atoms with van der Waals surface area (Å²) in [6.07, 6.45) is 3.15. The van der Waals surface area contributed by atoms with Crippen molar-refractivity contribution in [3.8, 4) is 11.4 Å². The number of halogens is 1. The number of rotatable bonds is 4. The van der Waals surface area contributed by atoms with E-state index in [2.05, 4.69) is 5.10 Å². The third-order valence-corrected chi connectivity index (χ3v) is 2.04. The van der Waals surface area contributed by atoms with Gasteiger partial charge in [-0.15, -0.1) is 0 Å². The maximum Gasteiger partial charge on any atom is 0.157 e. The van der Waals surface area contributed by atoms with Crippen LogP contribution >= 0.6 is 0 Å². The maximum atomic E-state index is 13.4. The quantitative estimate of drug-likeness (QED) is 0.847. The van der Waals surface area contributed by atoms with Gasteiger partial charge in [0, 0.05) is 6.54 Å². The van der Waals surface area contributed by atoms with Crippen LogP contribution in [0.5, 0.6) is 5.75 Å². The molecule has 1 aromatic carbocycles. The van der Waals surface area contributed by atoms with E-state index in [0.29, 0.717) is 24.6 Å². The summed E-state index contributed by atoms with van der Waals surface area (Å²) in [7, 11) is 0. The second kappa shape index (κ2) is 4.76. The van der Waals surface area contributed by atoms with Gasteiger partial charge in [-0.2, -0.15) is 5.10 Å². The zero-order valence-electron chi connectivity index (χ0n) is 8.64. The lowest BCUT2D eigenvalue weighted by Gasteiger charge is -2.02. The number of benzene rings is 1. The molecule has 0 aliphatic rings. The minimum atomic E-state index is -0.323. The van der Waals surface area contributed by atoms with Gasteiger partial charge in [0.1, 0.15) is 18.1 Å². The lowest BCUT2D eigenvalue weighted by molar-refractivity contribution is 0.328. The first kappa shape index (κ1) is 10.6. The Labute approximate surface area is 92.4 Å². The summed E-state index contributed by atoms with van der Waals surface area (Å²) in [6.45, 7) is 0.855. The predicted octanol–water partition coefficient (Wildman–Crippen LogP) is 1.35.